The van der Waals surface area contributed by atoms with Gasteiger partial charge in [0.15, 0.2) is 12.4 Å². The van der Waals surface area contributed by atoms with Crippen molar-refractivity contribution in [3.63, 3.8) is 0 Å². The summed E-state index contributed by atoms with van der Waals surface area (Å²) in [6.07, 6.45) is 2.53. The zero-order chi connectivity index (χ0) is 18.2. The molecule has 0 aliphatic rings. The van der Waals surface area contributed by atoms with E-state index >= 15 is 0 Å². The summed E-state index contributed by atoms with van der Waals surface area (Å²) in [5.74, 6) is -5.32. The average Bonchev–Trinajstić information content (AvgIpc) is 3.12. The maximum Gasteiger partial charge on any atom is 0.341 e. The Morgan fingerprint density at radius 3 is 2.72 bits per heavy atom. The first-order chi connectivity index (χ1) is 12.0. The highest BCUT2D eigenvalue weighted by Gasteiger charge is 2.19. The summed E-state index contributed by atoms with van der Waals surface area (Å²) in [7, 11) is 0. The van der Waals surface area contributed by atoms with Gasteiger partial charge in [0.05, 0.1) is 11.8 Å². The lowest BCUT2D eigenvalue weighted by molar-refractivity contribution is -0.125. The van der Waals surface area contributed by atoms with E-state index in [-0.39, 0.29) is 28.1 Å². The van der Waals surface area contributed by atoms with Crippen molar-refractivity contribution in [1.29, 1.82) is 0 Å². The highest BCUT2D eigenvalue weighted by atomic mass is 32.2. The van der Waals surface area contributed by atoms with E-state index < -0.39 is 30.1 Å². The predicted octanol–water partition coefficient (Wildman–Crippen LogP) is 1.61. The van der Waals surface area contributed by atoms with Crippen LogP contribution < -0.4 is 10.9 Å². The van der Waals surface area contributed by atoms with E-state index in [1.165, 1.54) is 36.7 Å². The van der Waals surface area contributed by atoms with Gasteiger partial charge in [0.2, 0.25) is 0 Å². The molecule has 0 spiro atoms. The van der Waals surface area contributed by atoms with Gasteiger partial charge in [0.1, 0.15) is 5.03 Å². The molecule has 25 heavy (non-hydrogen) atoms. The van der Waals surface area contributed by atoms with Crippen molar-refractivity contribution in [3.8, 4) is 0 Å². The van der Waals surface area contributed by atoms with Gasteiger partial charge in [-0.25, -0.2) is 9.78 Å². The minimum atomic E-state index is -2.76. The molecule has 0 atom stereocenters. The first-order valence-electron chi connectivity index (χ1n) is 6.67. The Hall–Kier alpha value is -2.95. The quantitative estimate of drug-likeness (QED) is 0.451. The Balaban J connectivity index is 1.83. The van der Waals surface area contributed by atoms with Crippen LogP contribution in [0.15, 0.2) is 46.2 Å². The number of amides is 2. The molecule has 0 saturated heterocycles. The summed E-state index contributed by atoms with van der Waals surface area (Å²) < 4.78 is 34.4. The van der Waals surface area contributed by atoms with Crippen LogP contribution in [-0.2, 0) is 9.53 Å². The van der Waals surface area contributed by atoms with Gasteiger partial charge in [-0.2, -0.15) is 8.78 Å². The van der Waals surface area contributed by atoms with Crippen molar-refractivity contribution >= 4 is 29.5 Å². The van der Waals surface area contributed by atoms with Gasteiger partial charge < -0.3 is 9.15 Å². The fraction of sp³-hybridized carbons (Fsp3) is 0.143. The average molecular weight is 371 g/mol. The van der Waals surface area contributed by atoms with Crippen LogP contribution >= 0.6 is 11.8 Å². The third kappa shape index (κ3) is 5.57. The van der Waals surface area contributed by atoms with Gasteiger partial charge in [-0.1, -0.05) is 0 Å². The van der Waals surface area contributed by atoms with Crippen LogP contribution in [0.1, 0.15) is 20.9 Å². The molecule has 0 aromatic carbocycles. The van der Waals surface area contributed by atoms with Gasteiger partial charge in [-0.3, -0.25) is 20.4 Å². The highest BCUT2D eigenvalue weighted by molar-refractivity contribution is 7.99. The fourth-order valence-corrected chi connectivity index (χ4v) is 2.13. The van der Waals surface area contributed by atoms with E-state index in [0.29, 0.717) is 0 Å². The van der Waals surface area contributed by atoms with Crippen LogP contribution in [0.5, 0.6) is 0 Å². The lowest BCUT2D eigenvalue weighted by atomic mass is 10.3. The Kier molecular flexibility index (Phi) is 6.46. The number of nitrogens with zero attached hydrogens (tertiary/aromatic N) is 1. The third-order valence-electron chi connectivity index (χ3n) is 2.59. The minimum Gasteiger partial charge on any atom is -0.459 e. The van der Waals surface area contributed by atoms with E-state index in [0.717, 1.165) is 0 Å². The van der Waals surface area contributed by atoms with Crippen molar-refractivity contribution in [1.82, 2.24) is 15.8 Å². The van der Waals surface area contributed by atoms with Gasteiger partial charge in [-0.05, 0) is 36.0 Å². The summed E-state index contributed by atoms with van der Waals surface area (Å²) in [6, 6.07) is 5.49. The van der Waals surface area contributed by atoms with Gasteiger partial charge in [-0.15, -0.1) is 0 Å². The number of pyridine rings is 1. The lowest BCUT2D eigenvalue weighted by Crippen LogP contribution is -2.43. The van der Waals surface area contributed by atoms with Crippen molar-refractivity contribution in [3.05, 3.63) is 48.0 Å². The SMILES string of the molecule is O=C(COC(=O)c1cccnc1SC(F)F)NNC(=O)c1ccco1. The van der Waals surface area contributed by atoms with Crippen molar-refractivity contribution in [2.45, 2.75) is 10.8 Å². The topological polar surface area (TPSA) is 111 Å². The number of ether oxygens (including phenoxy) is 1. The molecule has 2 amide bonds. The molecule has 0 aliphatic heterocycles. The number of nitrogens with one attached hydrogen (secondary N) is 2. The molecule has 8 nitrogen and oxygen atoms in total. The molecule has 0 radical (unpaired) electrons. The van der Waals surface area contributed by atoms with Gasteiger partial charge >= 0.3 is 11.9 Å². The molecule has 2 heterocycles. The second-order valence-electron chi connectivity index (χ2n) is 4.29. The van der Waals surface area contributed by atoms with E-state index in [4.69, 9.17) is 9.15 Å². The summed E-state index contributed by atoms with van der Waals surface area (Å²) in [5, 5.41) is -0.214. The Bertz CT molecular complexity index is 755. The maximum atomic E-state index is 12.4. The zero-order valence-electron chi connectivity index (χ0n) is 12.4. The molecular weight excluding hydrogens is 360 g/mol. The number of alkyl halides is 2. The lowest BCUT2D eigenvalue weighted by Gasteiger charge is -2.09. The maximum absolute atomic E-state index is 12.4. The van der Waals surface area contributed by atoms with E-state index in [9.17, 15) is 23.2 Å². The number of esters is 1. The normalized spacial score (nSPS) is 10.4. The number of hydrogen-bond acceptors (Lipinski definition) is 7. The first kappa shape index (κ1) is 18.4. The largest absolute Gasteiger partial charge is 0.459 e. The van der Waals surface area contributed by atoms with Crippen molar-refractivity contribution in [2.24, 2.45) is 0 Å². The number of hydrazine groups is 1. The molecule has 0 bridgehead atoms. The zero-order valence-corrected chi connectivity index (χ0v) is 13.2. The van der Waals surface area contributed by atoms with Crippen molar-refractivity contribution < 1.29 is 32.3 Å². The van der Waals surface area contributed by atoms with Crippen LogP contribution in [0.2, 0.25) is 0 Å². The highest BCUT2D eigenvalue weighted by Crippen LogP contribution is 2.26. The molecule has 132 valence electrons. The molecule has 2 rings (SSSR count). The number of carbonyl (C=O) groups excluding carboxylic acids is 3. The molecule has 0 aliphatic carbocycles. The number of carbonyl (C=O) groups is 3. The number of furan rings is 1. The number of rotatable bonds is 6. The summed E-state index contributed by atoms with van der Waals surface area (Å²) in [5.41, 5.74) is 3.86. The second-order valence-corrected chi connectivity index (χ2v) is 5.27. The number of thioether (sulfide) groups is 1. The van der Waals surface area contributed by atoms with Crippen LogP contribution in [0.25, 0.3) is 0 Å². The standard InChI is InChI=1S/C14H11F2N3O5S/c15-14(16)25-12-8(3-1-5-17-12)13(22)24-7-10(20)18-19-11(21)9-4-2-6-23-9/h1-6,14H,7H2,(H,18,20)(H,19,21). The Morgan fingerprint density at radius 2 is 2.04 bits per heavy atom. The third-order valence-corrected chi connectivity index (χ3v) is 3.31. The van der Waals surface area contributed by atoms with Gasteiger partial charge in [0.25, 0.3) is 11.7 Å². The first-order valence-corrected chi connectivity index (χ1v) is 7.55. The predicted molar refractivity (Wildman–Crippen MR) is 80.7 cm³/mol. The van der Waals surface area contributed by atoms with Crippen LogP contribution in [-0.4, -0.2) is 35.1 Å². The molecule has 2 aromatic rings. The number of halogens is 2. The van der Waals surface area contributed by atoms with Crippen molar-refractivity contribution in [2.75, 3.05) is 6.61 Å². The molecule has 0 saturated carbocycles. The summed E-state index contributed by atoms with van der Waals surface area (Å²) >= 11 is 0.0870. The molecule has 11 heteroatoms. The fourth-order valence-electron chi connectivity index (χ4n) is 1.57. The number of hydrogen-bond donors (Lipinski definition) is 2. The summed E-state index contributed by atoms with van der Waals surface area (Å²) in [6.45, 7) is -0.731. The van der Waals surface area contributed by atoms with Crippen LogP contribution in [0.4, 0.5) is 8.78 Å². The number of aromatic nitrogens is 1. The van der Waals surface area contributed by atoms with E-state index in [1.807, 2.05) is 10.9 Å². The van der Waals surface area contributed by atoms with Crippen LogP contribution in [0, 0.1) is 0 Å². The van der Waals surface area contributed by atoms with E-state index in [1.54, 1.807) is 0 Å². The van der Waals surface area contributed by atoms with E-state index in [2.05, 4.69) is 4.98 Å². The Morgan fingerprint density at radius 1 is 1.24 bits per heavy atom. The molecule has 0 fully saturated rings. The molecule has 0 unspecified atom stereocenters. The Labute approximate surface area is 143 Å². The minimum absolute atomic E-state index is 0.0266. The monoisotopic (exact) mass is 371 g/mol. The smallest absolute Gasteiger partial charge is 0.341 e. The summed E-state index contributed by atoms with van der Waals surface area (Å²) in [4.78, 5) is 38.6. The molecule has 2 N–H and O–H groups in total. The van der Waals surface area contributed by atoms with Gasteiger partial charge in [0, 0.05) is 6.20 Å². The molecular formula is C14H11F2N3O5S. The van der Waals surface area contributed by atoms with Crippen LogP contribution in [0.3, 0.4) is 0 Å². The molecule has 2 aromatic heterocycles. The second kappa shape index (κ2) is 8.78.